The molecule has 0 aliphatic heterocycles. The normalized spacial score (nSPS) is 10.4. The van der Waals surface area contributed by atoms with Crippen molar-refractivity contribution in [2.24, 2.45) is 0 Å². The maximum atomic E-state index is 11.6. The number of thiophene rings is 1. The maximum absolute atomic E-state index is 11.6. The largest absolute Gasteiger partial charge is 0.740 e. The molecule has 8 nitrogen and oxygen atoms in total. The first-order chi connectivity index (χ1) is 8.52. The summed E-state index contributed by atoms with van der Waals surface area (Å²) in [5.41, 5.74) is 11.6. The van der Waals surface area contributed by atoms with Gasteiger partial charge >= 0.3 is 23.3 Å². The van der Waals surface area contributed by atoms with Gasteiger partial charge in [0.2, 0.25) is 0 Å². The summed E-state index contributed by atoms with van der Waals surface area (Å²) in [4.78, 5) is 0. The summed E-state index contributed by atoms with van der Waals surface area (Å²) >= 11 is 1.50. The van der Waals surface area contributed by atoms with E-state index in [0.29, 0.717) is 6.54 Å². The quantitative estimate of drug-likeness (QED) is 0.437. The monoisotopic (exact) mass is 269 g/mol. The van der Waals surface area contributed by atoms with Crippen molar-refractivity contribution in [1.82, 2.24) is 0 Å². The van der Waals surface area contributed by atoms with E-state index in [0.717, 1.165) is 5.56 Å². The lowest BCUT2D eigenvalue weighted by Crippen LogP contribution is -2.44. The van der Waals surface area contributed by atoms with Crippen LogP contribution in [0, 0.1) is 10.4 Å². The fourth-order valence-corrected chi connectivity index (χ4v) is 2.04. The lowest BCUT2D eigenvalue weighted by atomic mass is 10.3. The highest BCUT2D eigenvalue weighted by molar-refractivity contribution is 7.07. The van der Waals surface area contributed by atoms with Gasteiger partial charge in [-0.05, 0) is 16.8 Å². The molecule has 0 saturated heterocycles. The van der Waals surface area contributed by atoms with Gasteiger partial charge in [0, 0.05) is 5.56 Å². The highest BCUT2D eigenvalue weighted by Gasteiger charge is 2.23. The minimum Gasteiger partial charge on any atom is -0.740 e. The molecule has 0 saturated carbocycles. The second-order valence-corrected chi connectivity index (χ2v) is 4.30. The van der Waals surface area contributed by atoms with Crippen molar-refractivity contribution < 1.29 is 14.6 Å². The van der Waals surface area contributed by atoms with Crippen LogP contribution in [0.25, 0.3) is 0 Å². The van der Waals surface area contributed by atoms with Gasteiger partial charge in [-0.15, -0.1) is 0 Å². The lowest BCUT2D eigenvalue weighted by Gasteiger charge is -2.16. The second kappa shape index (κ2) is 4.45. The van der Waals surface area contributed by atoms with Crippen LogP contribution in [0.15, 0.2) is 16.8 Å². The number of nitrogens with one attached hydrogen (secondary N) is 1. The predicted molar refractivity (Wildman–Crippen MR) is 66.5 cm³/mol. The molecule has 0 spiro atoms. The standard InChI is InChI=1S/C9H11N5O3S/c10-6-8(12-3-5-1-2-18-4-5)14(17)9(15)7(11)13(6)16/h1-2,4,12,15H,3,10-11H2. The Kier molecular flexibility index (Phi) is 2.98. The molecule has 18 heavy (non-hydrogen) atoms. The van der Waals surface area contributed by atoms with E-state index in [-0.39, 0.29) is 15.3 Å². The lowest BCUT2D eigenvalue weighted by molar-refractivity contribution is -0.639. The zero-order valence-corrected chi connectivity index (χ0v) is 9.98. The van der Waals surface area contributed by atoms with Crippen molar-refractivity contribution in [1.29, 1.82) is 0 Å². The molecule has 9 heteroatoms. The van der Waals surface area contributed by atoms with Crippen LogP contribution in [0.1, 0.15) is 5.56 Å². The molecule has 0 fully saturated rings. The van der Waals surface area contributed by atoms with Crippen LogP contribution in [0.2, 0.25) is 0 Å². The number of aromatic nitrogens is 2. The van der Waals surface area contributed by atoms with Gasteiger partial charge in [-0.2, -0.15) is 16.1 Å². The molecule has 0 bridgehead atoms. The van der Waals surface area contributed by atoms with Crippen LogP contribution in [-0.2, 0) is 6.54 Å². The third-order valence-electron chi connectivity index (χ3n) is 2.34. The summed E-state index contributed by atoms with van der Waals surface area (Å²) in [7, 11) is 0. The molecule has 0 atom stereocenters. The van der Waals surface area contributed by atoms with Crippen molar-refractivity contribution in [3.05, 3.63) is 32.8 Å². The van der Waals surface area contributed by atoms with E-state index in [1.807, 2.05) is 16.8 Å². The molecule has 0 radical (unpaired) electrons. The van der Waals surface area contributed by atoms with Crippen LogP contribution in [0.4, 0.5) is 17.5 Å². The van der Waals surface area contributed by atoms with Gasteiger partial charge in [0.1, 0.15) is 6.54 Å². The summed E-state index contributed by atoms with van der Waals surface area (Å²) in [5, 5.41) is 38.9. The molecule has 0 unspecified atom stereocenters. The van der Waals surface area contributed by atoms with E-state index in [9.17, 15) is 15.5 Å². The van der Waals surface area contributed by atoms with E-state index in [1.165, 1.54) is 11.3 Å². The molecule has 2 rings (SSSR count). The fraction of sp³-hybridized carbons (Fsp3) is 0.111. The molecule has 0 amide bonds. The molecular formula is C9H11N5O3S. The van der Waals surface area contributed by atoms with Gasteiger partial charge in [-0.25, -0.2) is 4.73 Å². The summed E-state index contributed by atoms with van der Waals surface area (Å²) in [6.07, 6.45) is 0. The number of hydrogen-bond donors (Lipinski definition) is 4. The SMILES string of the molecule is Nc1c(O)[n+]([O-])c(NCc2ccsc2)c(N)[n+]1[O-]. The Hall–Kier alpha value is -2.42. The van der Waals surface area contributed by atoms with Gasteiger partial charge in [0.25, 0.3) is 0 Å². The molecular weight excluding hydrogens is 258 g/mol. The molecule has 0 aliphatic rings. The van der Waals surface area contributed by atoms with Crippen LogP contribution >= 0.6 is 11.3 Å². The molecule has 2 aromatic rings. The smallest absolute Gasteiger partial charge is 0.360 e. The van der Waals surface area contributed by atoms with Gasteiger partial charge in [-0.3, -0.25) is 5.32 Å². The Bertz CT molecular complexity index is 543. The Morgan fingerprint density at radius 2 is 2.00 bits per heavy atom. The van der Waals surface area contributed by atoms with Crippen LogP contribution in [0.3, 0.4) is 0 Å². The minimum absolute atomic E-state index is 0.0887. The third kappa shape index (κ3) is 1.91. The van der Waals surface area contributed by atoms with Crippen molar-refractivity contribution >= 4 is 28.8 Å². The van der Waals surface area contributed by atoms with E-state index in [1.54, 1.807) is 0 Å². The average molecular weight is 269 g/mol. The number of hydrogen-bond acceptors (Lipinski definition) is 7. The topological polar surface area (TPSA) is 138 Å². The van der Waals surface area contributed by atoms with Crippen molar-refractivity contribution in [2.75, 3.05) is 16.8 Å². The van der Waals surface area contributed by atoms with Gasteiger partial charge in [0.15, 0.2) is 0 Å². The zero-order chi connectivity index (χ0) is 13.3. The third-order valence-corrected chi connectivity index (χ3v) is 3.08. The van der Waals surface area contributed by atoms with Crippen LogP contribution in [0.5, 0.6) is 5.88 Å². The number of aromatic hydroxyl groups is 1. The number of rotatable bonds is 3. The first-order valence-electron chi connectivity index (χ1n) is 4.90. The highest BCUT2D eigenvalue weighted by Crippen LogP contribution is 2.18. The molecule has 0 aromatic carbocycles. The molecule has 96 valence electrons. The molecule has 2 heterocycles. The zero-order valence-electron chi connectivity index (χ0n) is 9.16. The number of nitrogen functional groups attached to an aromatic ring is 2. The number of nitrogens with two attached hydrogens (primary N) is 2. The van der Waals surface area contributed by atoms with Crippen molar-refractivity contribution in [3.63, 3.8) is 0 Å². The fourth-order valence-electron chi connectivity index (χ4n) is 1.37. The Labute approximate surface area is 106 Å². The first kappa shape index (κ1) is 12.0. The highest BCUT2D eigenvalue weighted by atomic mass is 32.1. The second-order valence-electron chi connectivity index (χ2n) is 3.52. The van der Waals surface area contributed by atoms with Gasteiger partial charge in [-0.1, -0.05) is 0 Å². The van der Waals surface area contributed by atoms with E-state index >= 15 is 0 Å². The summed E-state index contributed by atoms with van der Waals surface area (Å²) in [6.45, 7) is 0.305. The Morgan fingerprint density at radius 3 is 2.61 bits per heavy atom. The Balaban J connectivity index is 2.33. The van der Waals surface area contributed by atoms with E-state index in [2.05, 4.69) is 5.32 Å². The van der Waals surface area contributed by atoms with E-state index in [4.69, 9.17) is 11.5 Å². The average Bonchev–Trinajstić information content (AvgIpc) is 2.87. The maximum Gasteiger partial charge on any atom is 0.360 e. The molecule has 6 N–H and O–H groups in total. The summed E-state index contributed by atoms with van der Waals surface area (Å²) in [6, 6.07) is 1.85. The van der Waals surface area contributed by atoms with Crippen molar-refractivity contribution in [2.45, 2.75) is 6.54 Å². The minimum atomic E-state index is -0.882. The van der Waals surface area contributed by atoms with Crippen LogP contribution < -0.4 is 26.2 Å². The number of nitrogens with zero attached hydrogens (tertiary/aromatic N) is 2. The van der Waals surface area contributed by atoms with Gasteiger partial charge < -0.3 is 27.0 Å². The van der Waals surface area contributed by atoms with Gasteiger partial charge in [0.05, 0.1) is 0 Å². The molecule has 2 aromatic heterocycles. The predicted octanol–water partition coefficient (Wildman–Crippen LogP) is -0.503. The number of anilines is 3. The van der Waals surface area contributed by atoms with E-state index < -0.39 is 17.5 Å². The summed E-state index contributed by atoms with van der Waals surface area (Å²) < 4.78 is 0.186. The molecule has 0 aliphatic carbocycles. The first-order valence-corrected chi connectivity index (χ1v) is 5.84. The Morgan fingerprint density at radius 1 is 1.28 bits per heavy atom. The summed E-state index contributed by atoms with van der Waals surface area (Å²) in [5.74, 6) is -2.14. The van der Waals surface area contributed by atoms with Crippen LogP contribution in [-0.4, -0.2) is 5.11 Å². The van der Waals surface area contributed by atoms with Crippen molar-refractivity contribution in [3.8, 4) is 5.88 Å².